The molecule has 1 aromatic heterocycles. The molecule has 2 rings (SSSR count). The summed E-state index contributed by atoms with van der Waals surface area (Å²) in [5, 5.41) is 4.35. The molecule has 0 aliphatic carbocycles. The van der Waals surface area contributed by atoms with E-state index in [2.05, 4.69) is 5.10 Å². The fourth-order valence-corrected chi connectivity index (χ4v) is 3.12. The minimum absolute atomic E-state index is 0.0245. The molecule has 0 saturated carbocycles. The Hall–Kier alpha value is -1.86. The molecule has 6 nitrogen and oxygen atoms in total. The van der Waals surface area contributed by atoms with Gasteiger partial charge in [0, 0.05) is 30.4 Å². The molecule has 1 N–H and O–H groups in total. The molecule has 0 fully saturated rings. The van der Waals surface area contributed by atoms with Gasteiger partial charge >= 0.3 is 0 Å². The Balaban J connectivity index is 1.93. The number of carbonyl (C=O) groups is 1. The molecular formula is C14H16ClN3O3S. The number of nitrogens with zero attached hydrogens (tertiary/aromatic N) is 2. The second kappa shape index (κ2) is 6.93. The third-order valence-corrected chi connectivity index (χ3v) is 4.83. The summed E-state index contributed by atoms with van der Waals surface area (Å²) in [7, 11) is -3.89. The molecule has 0 bridgehead atoms. The number of hydrogen-bond donors (Lipinski definition) is 1. The highest BCUT2D eigenvalue weighted by atomic mass is 35.5. The van der Waals surface area contributed by atoms with Gasteiger partial charge in [0.1, 0.15) is 0 Å². The lowest BCUT2D eigenvalue weighted by Crippen LogP contribution is -2.30. The lowest BCUT2D eigenvalue weighted by molar-refractivity contribution is -0.119. The van der Waals surface area contributed by atoms with E-state index in [1.165, 1.54) is 12.1 Å². The maximum atomic E-state index is 12.1. The van der Waals surface area contributed by atoms with Crippen molar-refractivity contribution in [2.75, 3.05) is 0 Å². The second-order valence-electron chi connectivity index (χ2n) is 4.81. The molecule has 1 amide bonds. The molecule has 2 aromatic rings. The molecule has 1 heterocycles. The Morgan fingerprint density at radius 1 is 1.41 bits per heavy atom. The zero-order valence-corrected chi connectivity index (χ0v) is 13.6. The van der Waals surface area contributed by atoms with Crippen LogP contribution in [0.5, 0.6) is 0 Å². The van der Waals surface area contributed by atoms with E-state index in [1.54, 1.807) is 36.1 Å². The van der Waals surface area contributed by atoms with Crippen LogP contribution in [0.2, 0.25) is 5.02 Å². The fourth-order valence-electron chi connectivity index (χ4n) is 1.83. The topological polar surface area (TPSA) is 81.1 Å². The number of benzene rings is 1. The molecule has 118 valence electrons. The number of nitrogens with one attached hydrogen (secondary N) is 1. The minimum Gasteiger partial charge on any atom is -0.274 e. The van der Waals surface area contributed by atoms with Crippen LogP contribution in [0, 0.1) is 6.92 Å². The number of rotatable bonds is 6. The third kappa shape index (κ3) is 4.32. The van der Waals surface area contributed by atoms with Crippen molar-refractivity contribution in [1.29, 1.82) is 0 Å². The van der Waals surface area contributed by atoms with Crippen molar-refractivity contribution >= 4 is 27.5 Å². The van der Waals surface area contributed by atoms with Crippen LogP contribution in [0.25, 0.3) is 0 Å². The first-order chi connectivity index (χ1) is 10.4. The van der Waals surface area contributed by atoms with Gasteiger partial charge in [0.2, 0.25) is 5.91 Å². The van der Waals surface area contributed by atoms with Gasteiger partial charge in [-0.05, 0) is 37.1 Å². The predicted octanol–water partition coefficient (Wildman–Crippen LogP) is 2.13. The largest absolute Gasteiger partial charge is 0.274 e. The average Bonchev–Trinajstić information content (AvgIpc) is 2.94. The summed E-state index contributed by atoms with van der Waals surface area (Å²) in [6, 6.07) is 6.13. The van der Waals surface area contributed by atoms with E-state index in [-0.39, 0.29) is 11.3 Å². The second-order valence-corrected chi connectivity index (χ2v) is 6.90. The van der Waals surface area contributed by atoms with Crippen LogP contribution < -0.4 is 4.72 Å². The summed E-state index contributed by atoms with van der Waals surface area (Å²) < 4.78 is 27.9. The van der Waals surface area contributed by atoms with Crippen LogP contribution >= 0.6 is 11.6 Å². The summed E-state index contributed by atoms with van der Waals surface area (Å²) in [5.41, 5.74) is 0.770. The van der Waals surface area contributed by atoms with Crippen molar-refractivity contribution in [3.8, 4) is 0 Å². The van der Waals surface area contributed by atoms with Crippen molar-refractivity contribution in [3.63, 3.8) is 0 Å². The van der Waals surface area contributed by atoms with E-state index in [4.69, 9.17) is 11.6 Å². The summed E-state index contributed by atoms with van der Waals surface area (Å²) in [6.45, 7) is 2.32. The molecular weight excluding hydrogens is 326 g/mol. The summed E-state index contributed by atoms with van der Waals surface area (Å²) in [4.78, 5) is 11.7. The van der Waals surface area contributed by atoms with Crippen LogP contribution in [-0.2, 0) is 21.4 Å². The Morgan fingerprint density at radius 3 is 2.82 bits per heavy atom. The SMILES string of the molecule is Cc1ccc(S(=O)(=O)NC(=O)CCCn2cccn2)cc1Cl. The molecule has 0 unspecified atom stereocenters. The molecule has 0 aliphatic heterocycles. The van der Waals surface area contributed by atoms with E-state index < -0.39 is 15.9 Å². The normalized spacial score (nSPS) is 11.4. The lowest BCUT2D eigenvalue weighted by Gasteiger charge is -2.08. The summed E-state index contributed by atoms with van der Waals surface area (Å²) in [5.74, 6) is -0.552. The number of carbonyl (C=O) groups excluding carboxylic acids is 1. The highest BCUT2D eigenvalue weighted by Gasteiger charge is 2.18. The molecule has 0 radical (unpaired) electrons. The van der Waals surface area contributed by atoms with Gasteiger partial charge in [-0.15, -0.1) is 0 Å². The van der Waals surface area contributed by atoms with Gasteiger partial charge in [-0.1, -0.05) is 17.7 Å². The van der Waals surface area contributed by atoms with Gasteiger partial charge in [-0.2, -0.15) is 5.10 Å². The minimum atomic E-state index is -3.89. The lowest BCUT2D eigenvalue weighted by atomic mass is 10.2. The molecule has 1 aromatic carbocycles. The van der Waals surface area contributed by atoms with Crippen LogP contribution in [0.1, 0.15) is 18.4 Å². The zero-order valence-electron chi connectivity index (χ0n) is 12.0. The maximum absolute atomic E-state index is 12.1. The van der Waals surface area contributed by atoms with Gasteiger partial charge < -0.3 is 0 Å². The molecule has 0 saturated heterocycles. The first-order valence-corrected chi connectivity index (χ1v) is 8.54. The Kier molecular flexibility index (Phi) is 5.20. The van der Waals surface area contributed by atoms with Crippen LogP contribution in [0.4, 0.5) is 0 Å². The van der Waals surface area contributed by atoms with Crippen molar-refractivity contribution in [2.45, 2.75) is 31.2 Å². The van der Waals surface area contributed by atoms with Gasteiger partial charge in [0.25, 0.3) is 10.0 Å². The Morgan fingerprint density at radius 2 is 2.18 bits per heavy atom. The van der Waals surface area contributed by atoms with E-state index in [0.29, 0.717) is 18.0 Å². The molecule has 22 heavy (non-hydrogen) atoms. The van der Waals surface area contributed by atoms with Gasteiger partial charge in [-0.25, -0.2) is 13.1 Å². The van der Waals surface area contributed by atoms with Crippen molar-refractivity contribution in [2.24, 2.45) is 0 Å². The number of hydrogen-bond acceptors (Lipinski definition) is 4. The van der Waals surface area contributed by atoms with E-state index in [0.717, 1.165) is 5.56 Å². The third-order valence-electron chi connectivity index (χ3n) is 3.05. The summed E-state index contributed by atoms with van der Waals surface area (Å²) in [6.07, 6.45) is 4.02. The monoisotopic (exact) mass is 341 g/mol. The maximum Gasteiger partial charge on any atom is 0.264 e. The van der Waals surface area contributed by atoms with Crippen LogP contribution in [0.3, 0.4) is 0 Å². The molecule has 8 heteroatoms. The highest BCUT2D eigenvalue weighted by molar-refractivity contribution is 7.90. The predicted molar refractivity (Wildman–Crippen MR) is 83.0 cm³/mol. The average molecular weight is 342 g/mol. The number of amides is 1. The van der Waals surface area contributed by atoms with Crippen LogP contribution in [0.15, 0.2) is 41.6 Å². The van der Waals surface area contributed by atoms with E-state index in [1.807, 2.05) is 4.72 Å². The Labute approximate surface area is 134 Å². The quantitative estimate of drug-likeness (QED) is 0.872. The van der Waals surface area contributed by atoms with Gasteiger partial charge in [0.05, 0.1) is 4.90 Å². The van der Waals surface area contributed by atoms with Crippen LogP contribution in [-0.4, -0.2) is 24.1 Å². The molecule has 0 atom stereocenters. The molecule has 0 aliphatic rings. The number of sulfonamides is 1. The Bertz CT molecular complexity index is 758. The first kappa shape index (κ1) is 16.5. The van der Waals surface area contributed by atoms with Crippen molar-refractivity contribution < 1.29 is 13.2 Å². The van der Waals surface area contributed by atoms with E-state index in [9.17, 15) is 13.2 Å². The van der Waals surface area contributed by atoms with E-state index >= 15 is 0 Å². The van der Waals surface area contributed by atoms with Crippen molar-refractivity contribution in [3.05, 3.63) is 47.2 Å². The smallest absolute Gasteiger partial charge is 0.264 e. The highest BCUT2D eigenvalue weighted by Crippen LogP contribution is 2.19. The van der Waals surface area contributed by atoms with Gasteiger partial charge in [-0.3, -0.25) is 9.48 Å². The molecule has 0 spiro atoms. The summed E-state index contributed by atoms with van der Waals surface area (Å²) >= 11 is 5.91. The van der Waals surface area contributed by atoms with Gasteiger partial charge in [0.15, 0.2) is 0 Å². The zero-order chi connectivity index (χ0) is 16.2. The van der Waals surface area contributed by atoms with Crippen molar-refractivity contribution in [1.82, 2.24) is 14.5 Å². The number of aromatic nitrogens is 2. The number of halogens is 1. The number of aryl methyl sites for hydroxylation is 2. The first-order valence-electron chi connectivity index (χ1n) is 6.68. The fraction of sp³-hybridized carbons (Fsp3) is 0.286. The standard InChI is InChI=1S/C14H16ClN3O3S/c1-11-5-6-12(10-13(11)15)22(20,21)17-14(19)4-2-8-18-9-3-7-16-18/h3,5-7,9-10H,2,4,8H2,1H3,(H,17,19).